The third-order valence-corrected chi connectivity index (χ3v) is 2.60. The average Bonchev–Trinajstić information content (AvgIpc) is 2.38. The fourth-order valence-corrected chi connectivity index (χ4v) is 1.71. The molecule has 0 spiro atoms. The van der Waals surface area contributed by atoms with E-state index in [4.69, 9.17) is 9.47 Å². The van der Waals surface area contributed by atoms with Gasteiger partial charge in [-0.05, 0) is 31.9 Å². The van der Waals surface area contributed by atoms with Crippen molar-refractivity contribution in [1.29, 1.82) is 0 Å². The predicted molar refractivity (Wildman–Crippen MR) is 71.3 cm³/mol. The number of hydrogen-bond acceptors (Lipinski definition) is 7. The highest BCUT2D eigenvalue weighted by molar-refractivity contribution is 5.92. The third kappa shape index (κ3) is 5.41. The zero-order chi connectivity index (χ0) is 15.8. The lowest BCUT2D eigenvalue weighted by Gasteiger charge is -2.10. The lowest BCUT2D eigenvalue weighted by Crippen LogP contribution is -2.21. The van der Waals surface area contributed by atoms with Crippen LogP contribution in [0.1, 0.15) is 28.4 Å². The standard InChI is InChI=1S/C14H18O7/c1-9-6-5-7-10(2)12(9)13(15)19-21-20-14(16)18-11(3)8-17-4/h5-7,11H,8H2,1-4H3. The van der Waals surface area contributed by atoms with Crippen LogP contribution in [-0.4, -0.2) is 31.9 Å². The summed E-state index contributed by atoms with van der Waals surface area (Å²) in [5, 5.41) is 4.14. The van der Waals surface area contributed by atoms with Gasteiger partial charge in [0.2, 0.25) is 0 Å². The average molecular weight is 298 g/mol. The van der Waals surface area contributed by atoms with Gasteiger partial charge in [0.15, 0.2) is 0 Å². The number of benzene rings is 1. The molecule has 0 saturated carbocycles. The molecule has 1 rings (SSSR count). The Morgan fingerprint density at radius 3 is 2.33 bits per heavy atom. The maximum absolute atomic E-state index is 11.8. The van der Waals surface area contributed by atoms with E-state index in [1.807, 2.05) is 6.07 Å². The molecule has 0 amide bonds. The highest BCUT2D eigenvalue weighted by atomic mass is 17.5. The molecular formula is C14H18O7. The first-order valence-electron chi connectivity index (χ1n) is 6.27. The first-order valence-corrected chi connectivity index (χ1v) is 6.27. The van der Waals surface area contributed by atoms with Gasteiger partial charge in [-0.1, -0.05) is 18.2 Å². The molecule has 7 nitrogen and oxygen atoms in total. The molecule has 21 heavy (non-hydrogen) atoms. The van der Waals surface area contributed by atoms with Crippen LogP contribution in [0.15, 0.2) is 18.2 Å². The molecule has 1 aromatic carbocycles. The Kier molecular flexibility index (Phi) is 6.64. The molecule has 7 heteroatoms. The molecule has 0 N–H and O–H groups in total. The van der Waals surface area contributed by atoms with Gasteiger partial charge in [-0.15, -0.1) is 0 Å². The van der Waals surface area contributed by atoms with Crippen LogP contribution in [-0.2, 0) is 24.3 Å². The van der Waals surface area contributed by atoms with Gasteiger partial charge < -0.3 is 9.47 Å². The van der Waals surface area contributed by atoms with Crippen molar-refractivity contribution in [2.24, 2.45) is 0 Å². The van der Waals surface area contributed by atoms with E-state index < -0.39 is 18.2 Å². The molecule has 116 valence electrons. The van der Waals surface area contributed by atoms with Crippen LogP contribution in [0.3, 0.4) is 0 Å². The summed E-state index contributed by atoms with van der Waals surface area (Å²) < 4.78 is 9.50. The van der Waals surface area contributed by atoms with E-state index in [9.17, 15) is 9.59 Å². The molecule has 0 aliphatic carbocycles. The Morgan fingerprint density at radius 2 is 1.76 bits per heavy atom. The van der Waals surface area contributed by atoms with Crippen LogP contribution in [0.4, 0.5) is 4.79 Å². The quantitative estimate of drug-likeness (QED) is 0.453. The van der Waals surface area contributed by atoms with Crippen LogP contribution in [0, 0.1) is 13.8 Å². The van der Waals surface area contributed by atoms with Gasteiger partial charge in [-0.3, -0.25) is 4.89 Å². The zero-order valence-corrected chi connectivity index (χ0v) is 12.4. The highest BCUT2D eigenvalue weighted by Gasteiger charge is 2.17. The summed E-state index contributed by atoms with van der Waals surface area (Å²) in [7, 11) is 1.47. The van der Waals surface area contributed by atoms with Gasteiger partial charge in [-0.25, -0.2) is 14.5 Å². The van der Waals surface area contributed by atoms with Crippen molar-refractivity contribution in [2.75, 3.05) is 13.7 Å². The Morgan fingerprint density at radius 1 is 1.14 bits per heavy atom. The fraction of sp³-hybridized carbons (Fsp3) is 0.429. The van der Waals surface area contributed by atoms with Gasteiger partial charge in [0, 0.05) is 7.11 Å². The number of carbonyl (C=O) groups is 2. The molecule has 0 fully saturated rings. The van der Waals surface area contributed by atoms with Crippen molar-refractivity contribution in [3.05, 3.63) is 34.9 Å². The van der Waals surface area contributed by atoms with Gasteiger partial charge in [0.25, 0.3) is 0 Å². The zero-order valence-electron chi connectivity index (χ0n) is 12.4. The van der Waals surface area contributed by atoms with E-state index in [0.717, 1.165) is 11.1 Å². The number of rotatable bonds is 6. The molecule has 0 bridgehead atoms. The second-order valence-corrected chi connectivity index (χ2v) is 4.42. The lowest BCUT2D eigenvalue weighted by atomic mass is 10.0. The summed E-state index contributed by atoms with van der Waals surface area (Å²) in [6, 6.07) is 5.32. The topological polar surface area (TPSA) is 80.3 Å². The van der Waals surface area contributed by atoms with Crippen molar-refractivity contribution < 1.29 is 33.9 Å². The summed E-state index contributed by atoms with van der Waals surface area (Å²) >= 11 is 0. The molecule has 1 atom stereocenters. The van der Waals surface area contributed by atoms with Crippen LogP contribution in [0.5, 0.6) is 0 Å². The summed E-state index contributed by atoms with van der Waals surface area (Å²) in [6.07, 6.45) is -1.64. The molecule has 0 radical (unpaired) electrons. The minimum atomic E-state index is -1.13. The van der Waals surface area contributed by atoms with Gasteiger partial charge in [0.05, 0.1) is 17.2 Å². The third-order valence-electron chi connectivity index (χ3n) is 2.60. The van der Waals surface area contributed by atoms with E-state index in [1.165, 1.54) is 7.11 Å². The summed E-state index contributed by atoms with van der Waals surface area (Å²) in [6.45, 7) is 5.32. The van der Waals surface area contributed by atoms with Gasteiger partial charge >= 0.3 is 12.1 Å². The first-order chi connectivity index (χ1) is 9.95. The summed E-state index contributed by atoms with van der Waals surface area (Å²) in [5.74, 6) is -0.761. The van der Waals surface area contributed by atoms with Crippen LogP contribution in [0.25, 0.3) is 0 Å². The minimum Gasteiger partial charge on any atom is -0.427 e. The summed E-state index contributed by atoms with van der Waals surface area (Å²) in [4.78, 5) is 31.5. The minimum absolute atomic E-state index is 0.206. The fourth-order valence-electron chi connectivity index (χ4n) is 1.71. The van der Waals surface area contributed by atoms with Gasteiger partial charge in [0.1, 0.15) is 6.10 Å². The van der Waals surface area contributed by atoms with Crippen LogP contribution in [0.2, 0.25) is 0 Å². The van der Waals surface area contributed by atoms with Crippen molar-refractivity contribution >= 4 is 12.1 Å². The first kappa shape index (κ1) is 16.9. The Bertz CT molecular complexity index is 478. The normalized spacial score (nSPS) is 11.6. The van der Waals surface area contributed by atoms with Crippen molar-refractivity contribution in [1.82, 2.24) is 0 Å². The molecule has 0 saturated heterocycles. The van der Waals surface area contributed by atoms with Crippen LogP contribution < -0.4 is 0 Å². The van der Waals surface area contributed by atoms with E-state index >= 15 is 0 Å². The monoisotopic (exact) mass is 298 g/mol. The maximum atomic E-state index is 11.8. The predicted octanol–water partition coefficient (Wildman–Crippen LogP) is 2.49. The van der Waals surface area contributed by atoms with Gasteiger partial charge in [-0.2, -0.15) is 0 Å². The number of aryl methyl sites for hydroxylation is 2. The van der Waals surface area contributed by atoms with Crippen molar-refractivity contribution in [3.8, 4) is 0 Å². The van der Waals surface area contributed by atoms with Crippen molar-refractivity contribution in [2.45, 2.75) is 26.9 Å². The Hall–Kier alpha value is -2.12. The van der Waals surface area contributed by atoms with E-state index in [2.05, 4.69) is 14.8 Å². The smallest absolute Gasteiger partial charge is 0.427 e. The lowest BCUT2D eigenvalue weighted by molar-refractivity contribution is -0.453. The van der Waals surface area contributed by atoms with Crippen LogP contribution >= 0.6 is 0 Å². The Balaban J connectivity index is 2.42. The molecule has 0 aliphatic rings. The highest BCUT2D eigenvalue weighted by Crippen LogP contribution is 2.14. The second-order valence-electron chi connectivity index (χ2n) is 4.42. The number of methoxy groups -OCH3 is 1. The Labute approximate surface area is 122 Å². The maximum Gasteiger partial charge on any atom is 0.543 e. The van der Waals surface area contributed by atoms with E-state index in [0.29, 0.717) is 5.56 Å². The molecule has 0 aromatic heterocycles. The van der Waals surface area contributed by atoms with Crippen molar-refractivity contribution in [3.63, 3.8) is 0 Å². The largest absolute Gasteiger partial charge is 0.543 e. The number of ether oxygens (including phenoxy) is 2. The second kappa shape index (κ2) is 8.23. The molecule has 1 aromatic rings. The molecule has 1 unspecified atom stereocenters. The van der Waals surface area contributed by atoms with E-state index in [1.54, 1.807) is 32.9 Å². The number of hydrogen-bond donors (Lipinski definition) is 0. The molecule has 0 aliphatic heterocycles. The number of carbonyl (C=O) groups excluding carboxylic acids is 2. The molecule has 0 heterocycles. The van der Waals surface area contributed by atoms with E-state index in [-0.39, 0.29) is 6.61 Å². The SMILES string of the molecule is COCC(C)OC(=O)OOOC(=O)c1c(C)cccc1C. The molecular weight excluding hydrogens is 280 g/mol. The summed E-state index contributed by atoms with van der Waals surface area (Å²) in [5.41, 5.74) is 1.79.